The first-order valence-electron chi connectivity index (χ1n) is 4.80. The molecule has 1 heterocycles. The Morgan fingerprint density at radius 2 is 1.86 bits per heavy atom. The molecule has 0 aromatic rings. The van der Waals surface area contributed by atoms with Crippen LogP contribution < -0.4 is 11.1 Å². The SMILES string of the molecule is Cl.Cl.NC(=O)[C@@H]1CCN[C@@H](C2CC2)C1. The molecule has 1 saturated carbocycles. The second kappa shape index (κ2) is 5.79. The third-order valence-corrected chi connectivity index (χ3v) is 3.03. The lowest BCUT2D eigenvalue weighted by Crippen LogP contribution is -2.43. The maximum atomic E-state index is 10.9. The zero-order valence-electron chi connectivity index (χ0n) is 8.07. The van der Waals surface area contributed by atoms with E-state index < -0.39 is 0 Å². The highest BCUT2D eigenvalue weighted by Gasteiger charge is 2.35. The van der Waals surface area contributed by atoms with E-state index in [2.05, 4.69) is 5.32 Å². The minimum absolute atomic E-state index is 0. The second-order valence-electron chi connectivity index (χ2n) is 4.02. The number of hydrogen-bond acceptors (Lipinski definition) is 2. The van der Waals surface area contributed by atoms with Gasteiger partial charge in [0, 0.05) is 12.0 Å². The molecule has 2 aliphatic rings. The predicted octanol–water partition coefficient (Wildman–Crippen LogP) is 1.09. The Morgan fingerprint density at radius 3 is 2.36 bits per heavy atom. The van der Waals surface area contributed by atoms with Gasteiger partial charge in [-0.2, -0.15) is 0 Å². The van der Waals surface area contributed by atoms with Gasteiger partial charge in [-0.05, 0) is 38.1 Å². The van der Waals surface area contributed by atoms with Gasteiger partial charge in [-0.1, -0.05) is 0 Å². The van der Waals surface area contributed by atoms with Crippen LogP contribution in [0.15, 0.2) is 0 Å². The lowest BCUT2D eigenvalue weighted by molar-refractivity contribution is -0.122. The number of hydrogen-bond donors (Lipinski definition) is 2. The normalized spacial score (nSPS) is 31.1. The molecule has 3 nitrogen and oxygen atoms in total. The van der Waals surface area contributed by atoms with Crippen LogP contribution in [0.3, 0.4) is 0 Å². The standard InChI is InChI=1S/C9H16N2O.2ClH/c10-9(12)7-3-4-11-8(5-7)6-1-2-6;;/h6-8,11H,1-5H2,(H2,10,12);2*1H/t7-,8-;;/m1../s1. The van der Waals surface area contributed by atoms with Crippen molar-refractivity contribution < 1.29 is 4.79 Å². The molecule has 0 radical (unpaired) electrons. The van der Waals surface area contributed by atoms with Crippen LogP contribution in [0.4, 0.5) is 0 Å². The van der Waals surface area contributed by atoms with Gasteiger partial charge in [0.2, 0.25) is 5.91 Å². The van der Waals surface area contributed by atoms with E-state index in [1.54, 1.807) is 0 Å². The summed E-state index contributed by atoms with van der Waals surface area (Å²) in [7, 11) is 0. The molecule has 0 spiro atoms. The first-order chi connectivity index (χ1) is 5.77. The molecule has 84 valence electrons. The van der Waals surface area contributed by atoms with E-state index in [9.17, 15) is 4.79 Å². The maximum Gasteiger partial charge on any atom is 0.220 e. The van der Waals surface area contributed by atoms with Crippen molar-refractivity contribution in [3.8, 4) is 0 Å². The van der Waals surface area contributed by atoms with Gasteiger partial charge < -0.3 is 11.1 Å². The van der Waals surface area contributed by atoms with E-state index in [0.29, 0.717) is 6.04 Å². The van der Waals surface area contributed by atoms with E-state index >= 15 is 0 Å². The largest absolute Gasteiger partial charge is 0.369 e. The molecule has 2 atom stereocenters. The maximum absolute atomic E-state index is 10.9. The van der Waals surface area contributed by atoms with Crippen molar-refractivity contribution in [2.75, 3.05) is 6.54 Å². The number of nitrogens with two attached hydrogens (primary N) is 1. The van der Waals surface area contributed by atoms with Gasteiger partial charge in [0.15, 0.2) is 0 Å². The van der Waals surface area contributed by atoms with Crippen LogP contribution in [-0.4, -0.2) is 18.5 Å². The van der Waals surface area contributed by atoms with E-state index in [-0.39, 0.29) is 36.6 Å². The van der Waals surface area contributed by atoms with Crippen molar-refractivity contribution in [2.45, 2.75) is 31.7 Å². The minimum Gasteiger partial charge on any atom is -0.369 e. The molecule has 2 rings (SSSR count). The molecule has 5 heteroatoms. The molecule has 1 aliphatic heterocycles. The van der Waals surface area contributed by atoms with E-state index in [0.717, 1.165) is 25.3 Å². The summed E-state index contributed by atoms with van der Waals surface area (Å²) in [6, 6.07) is 0.580. The topological polar surface area (TPSA) is 55.1 Å². The Balaban J connectivity index is 0.000000845. The van der Waals surface area contributed by atoms with Crippen molar-refractivity contribution in [1.82, 2.24) is 5.32 Å². The van der Waals surface area contributed by atoms with Gasteiger partial charge in [0.05, 0.1) is 0 Å². The highest BCUT2D eigenvalue weighted by atomic mass is 35.5. The van der Waals surface area contributed by atoms with E-state index in [4.69, 9.17) is 5.73 Å². The lowest BCUT2D eigenvalue weighted by atomic mass is 9.90. The molecule has 1 aliphatic carbocycles. The summed E-state index contributed by atoms with van der Waals surface area (Å²) < 4.78 is 0. The van der Waals surface area contributed by atoms with Crippen LogP contribution >= 0.6 is 24.8 Å². The van der Waals surface area contributed by atoms with Crippen LogP contribution in [0.5, 0.6) is 0 Å². The minimum atomic E-state index is -0.109. The summed E-state index contributed by atoms with van der Waals surface area (Å²) in [4.78, 5) is 10.9. The molecule has 1 saturated heterocycles. The van der Waals surface area contributed by atoms with Gasteiger partial charge in [0.25, 0.3) is 0 Å². The van der Waals surface area contributed by atoms with E-state index in [1.807, 2.05) is 0 Å². The summed E-state index contributed by atoms with van der Waals surface area (Å²) in [5.74, 6) is 0.867. The molecule has 2 fully saturated rings. The first-order valence-corrected chi connectivity index (χ1v) is 4.80. The van der Waals surface area contributed by atoms with Crippen LogP contribution in [-0.2, 0) is 4.79 Å². The van der Waals surface area contributed by atoms with Crippen LogP contribution in [0.1, 0.15) is 25.7 Å². The molecule has 0 aromatic heterocycles. The van der Waals surface area contributed by atoms with Crippen LogP contribution in [0, 0.1) is 11.8 Å². The number of halogens is 2. The highest BCUT2D eigenvalue weighted by molar-refractivity contribution is 5.85. The Hall–Kier alpha value is 0.01000. The fourth-order valence-corrected chi connectivity index (χ4v) is 2.07. The fourth-order valence-electron chi connectivity index (χ4n) is 2.07. The Labute approximate surface area is 97.0 Å². The number of primary amides is 1. The summed E-state index contributed by atoms with van der Waals surface area (Å²) in [5, 5.41) is 3.46. The number of amides is 1. The molecule has 0 aromatic carbocycles. The first kappa shape index (κ1) is 14.0. The molecule has 14 heavy (non-hydrogen) atoms. The number of rotatable bonds is 2. The summed E-state index contributed by atoms with van der Waals surface area (Å²) in [6.45, 7) is 0.967. The predicted molar refractivity (Wildman–Crippen MR) is 60.9 cm³/mol. The molecular weight excluding hydrogens is 223 g/mol. The summed E-state index contributed by atoms with van der Waals surface area (Å²) in [6.07, 6.45) is 4.57. The highest BCUT2D eigenvalue weighted by Crippen LogP contribution is 2.36. The number of piperidine rings is 1. The average molecular weight is 241 g/mol. The Bertz CT molecular complexity index is 197. The fraction of sp³-hybridized carbons (Fsp3) is 0.889. The number of carbonyl (C=O) groups excluding carboxylic acids is 1. The number of nitrogens with one attached hydrogen (secondary N) is 1. The monoisotopic (exact) mass is 240 g/mol. The van der Waals surface area contributed by atoms with Crippen LogP contribution in [0.25, 0.3) is 0 Å². The zero-order valence-corrected chi connectivity index (χ0v) is 9.70. The van der Waals surface area contributed by atoms with Gasteiger partial charge in [-0.15, -0.1) is 24.8 Å². The van der Waals surface area contributed by atoms with Gasteiger partial charge in [-0.3, -0.25) is 4.79 Å². The van der Waals surface area contributed by atoms with Crippen molar-refractivity contribution in [3.63, 3.8) is 0 Å². The van der Waals surface area contributed by atoms with Gasteiger partial charge >= 0.3 is 0 Å². The summed E-state index contributed by atoms with van der Waals surface area (Å²) in [5.41, 5.74) is 5.28. The van der Waals surface area contributed by atoms with E-state index in [1.165, 1.54) is 12.8 Å². The molecule has 0 bridgehead atoms. The molecular formula is C9H18Cl2N2O. The average Bonchev–Trinajstić information content (AvgIpc) is 2.87. The Morgan fingerprint density at radius 1 is 1.21 bits per heavy atom. The third-order valence-electron chi connectivity index (χ3n) is 3.03. The smallest absolute Gasteiger partial charge is 0.220 e. The molecule has 0 unspecified atom stereocenters. The third kappa shape index (κ3) is 3.30. The van der Waals surface area contributed by atoms with Crippen molar-refractivity contribution in [3.05, 3.63) is 0 Å². The van der Waals surface area contributed by atoms with Gasteiger partial charge in [-0.25, -0.2) is 0 Å². The van der Waals surface area contributed by atoms with Crippen LogP contribution in [0.2, 0.25) is 0 Å². The lowest BCUT2D eigenvalue weighted by Gasteiger charge is -2.28. The van der Waals surface area contributed by atoms with Crippen molar-refractivity contribution in [1.29, 1.82) is 0 Å². The van der Waals surface area contributed by atoms with Gasteiger partial charge in [0.1, 0.15) is 0 Å². The molecule has 1 amide bonds. The van der Waals surface area contributed by atoms with Crippen molar-refractivity contribution >= 4 is 30.7 Å². The molecule has 3 N–H and O–H groups in total. The van der Waals surface area contributed by atoms with Crippen molar-refractivity contribution in [2.24, 2.45) is 17.6 Å². The summed E-state index contributed by atoms with van der Waals surface area (Å²) >= 11 is 0. The second-order valence-corrected chi connectivity index (χ2v) is 4.02. The Kier molecular flexibility index (Phi) is 5.79. The quantitative estimate of drug-likeness (QED) is 0.760. The zero-order chi connectivity index (χ0) is 8.55. The number of carbonyl (C=O) groups is 1.